The van der Waals surface area contributed by atoms with Gasteiger partial charge in [-0.1, -0.05) is 18.2 Å². The Morgan fingerprint density at radius 2 is 2.09 bits per heavy atom. The van der Waals surface area contributed by atoms with Gasteiger partial charge in [-0.3, -0.25) is 0 Å². The first kappa shape index (κ1) is 15.0. The number of halogens is 1. The summed E-state index contributed by atoms with van der Waals surface area (Å²) in [5, 5.41) is 0. The number of fused-ring (bicyclic) bond motifs is 1. The molecule has 0 aliphatic heterocycles. The zero-order valence-corrected chi connectivity index (χ0v) is 12.7. The van der Waals surface area contributed by atoms with Crippen molar-refractivity contribution in [1.82, 2.24) is 9.38 Å². The normalized spacial score (nSPS) is 10.7. The fourth-order valence-corrected chi connectivity index (χ4v) is 2.30. The molecule has 0 bridgehead atoms. The van der Waals surface area contributed by atoms with Gasteiger partial charge in [0.05, 0.1) is 18.4 Å². The van der Waals surface area contributed by atoms with Gasteiger partial charge in [0.2, 0.25) is 0 Å². The number of hydrogen-bond acceptors (Lipinski definition) is 4. The predicted molar refractivity (Wildman–Crippen MR) is 82.0 cm³/mol. The topological polar surface area (TPSA) is 52.8 Å². The van der Waals surface area contributed by atoms with Gasteiger partial charge in [-0.15, -0.1) is 0 Å². The highest BCUT2D eigenvalue weighted by Gasteiger charge is 2.14. The van der Waals surface area contributed by atoms with Crippen molar-refractivity contribution in [3.8, 4) is 5.75 Å². The monoisotopic (exact) mass is 314 g/mol. The van der Waals surface area contributed by atoms with Crippen molar-refractivity contribution in [3.63, 3.8) is 0 Å². The number of rotatable bonds is 4. The Bertz CT molecular complexity index is 873. The molecule has 0 atom stereocenters. The number of imidazole rings is 1. The van der Waals surface area contributed by atoms with Crippen LogP contribution in [-0.4, -0.2) is 22.5 Å². The summed E-state index contributed by atoms with van der Waals surface area (Å²) >= 11 is 0. The second kappa shape index (κ2) is 6.08. The third kappa shape index (κ3) is 3.01. The second-order valence-electron chi connectivity index (χ2n) is 5.08. The maximum Gasteiger partial charge on any atom is 0.339 e. The summed E-state index contributed by atoms with van der Waals surface area (Å²) in [5.41, 5.74) is 2.10. The quantitative estimate of drug-likeness (QED) is 0.694. The summed E-state index contributed by atoms with van der Waals surface area (Å²) in [6.07, 6.45) is 3.40. The molecule has 23 heavy (non-hydrogen) atoms. The maximum atomic E-state index is 13.7. The molecule has 1 aromatic carbocycles. The van der Waals surface area contributed by atoms with Crippen LogP contribution in [0.4, 0.5) is 4.39 Å². The number of nitrogens with zero attached hydrogens (tertiary/aromatic N) is 2. The van der Waals surface area contributed by atoms with Crippen LogP contribution in [0.1, 0.15) is 21.6 Å². The molecular weight excluding hydrogens is 299 g/mol. The Balaban J connectivity index is 1.98. The summed E-state index contributed by atoms with van der Waals surface area (Å²) in [5.74, 6) is -0.426. The summed E-state index contributed by atoms with van der Waals surface area (Å²) in [6.45, 7) is 1.88. The van der Waals surface area contributed by atoms with Gasteiger partial charge in [-0.05, 0) is 13.0 Å². The van der Waals surface area contributed by atoms with E-state index in [4.69, 9.17) is 9.47 Å². The lowest BCUT2D eigenvalue weighted by Gasteiger charge is -2.10. The number of aryl methyl sites for hydroxylation is 1. The van der Waals surface area contributed by atoms with E-state index >= 15 is 0 Å². The molecule has 0 radical (unpaired) electrons. The van der Waals surface area contributed by atoms with Crippen LogP contribution in [0, 0.1) is 12.7 Å². The minimum atomic E-state index is -0.478. The van der Waals surface area contributed by atoms with Crippen molar-refractivity contribution in [2.45, 2.75) is 13.5 Å². The predicted octanol–water partition coefficient (Wildman–Crippen LogP) is 3.15. The highest BCUT2D eigenvalue weighted by atomic mass is 19.1. The smallest absolute Gasteiger partial charge is 0.339 e. The number of ether oxygens (including phenoxy) is 2. The Morgan fingerprint density at radius 1 is 1.30 bits per heavy atom. The molecule has 0 amide bonds. The van der Waals surface area contributed by atoms with Crippen LogP contribution < -0.4 is 4.74 Å². The number of esters is 1. The van der Waals surface area contributed by atoms with Crippen molar-refractivity contribution >= 4 is 11.6 Å². The SMILES string of the molecule is COC(=O)c1cc(OCc2ccccc2F)c2nc(C)cn2c1. The first-order valence-corrected chi connectivity index (χ1v) is 7.02. The molecule has 3 aromatic rings. The van der Waals surface area contributed by atoms with E-state index < -0.39 is 5.97 Å². The summed E-state index contributed by atoms with van der Waals surface area (Å²) in [4.78, 5) is 16.1. The van der Waals surface area contributed by atoms with E-state index in [0.29, 0.717) is 22.5 Å². The van der Waals surface area contributed by atoms with Crippen LogP contribution in [0.5, 0.6) is 5.75 Å². The Hall–Kier alpha value is -2.89. The van der Waals surface area contributed by atoms with Gasteiger partial charge < -0.3 is 13.9 Å². The standard InChI is InChI=1S/C17H15FN2O3/c1-11-8-20-9-13(17(21)22-2)7-15(16(20)19-11)23-10-12-5-3-4-6-14(12)18/h3-9H,10H2,1-2H3. The first-order valence-electron chi connectivity index (χ1n) is 7.02. The van der Waals surface area contributed by atoms with E-state index in [2.05, 4.69) is 4.98 Å². The number of pyridine rings is 1. The summed E-state index contributed by atoms with van der Waals surface area (Å²) < 4.78 is 25.8. The van der Waals surface area contributed by atoms with Crippen LogP contribution >= 0.6 is 0 Å². The Morgan fingerprint density at radius 3 is 2.83 bits per heavy atom. The van der Waals surface area contributed by atoms with Crippen molar-refractivity contribution in [3.05, 3.63) is 65.4 Å². The molecule has 0 saturated carbocycles. The fraction of sp³-hybridized carbons (Fsp3) is 0.176. The molecule has 6 heteroatoms. The molecule has 0 aliphatic rings. The Labute approximate surface area is 132 Å². The molecular formula is C17H15FN2O3. The van der Waals surface area contributed by atoms with Crippen molar-refractivity contribution in [2.24, 2.45) is 0 Å². The number of carbonyl (C=O) groups excluding carboxylic acids is 1. The number of aromatic nitrogens is 2. The van der Waals surface area contributed by atoms with Crippen LogP contribution in [0.3, 0.4) is 0 Å². The van der Waals surface area contributed by atoms with Gasteiger partial charge in [0.1, 0.15) is 12.4 Å². The van der Waals surface area contributed by atoms with Crippen LogP contribution in [0.15, 0.2) is 42.7 Å². The third-order valence-electron chi connectivity index (χ3n) is 3.40. The van der Waals surface area contributed by atoms with Gasteiger partial charge in [0, 0.05) is 24.0 Å². The fourth-order valence-electron chi connectivity index (χ4n) is 2.30. The van der Waals surface area contributed by atoms with Gasteiger partial charge in [0.25, 0.3) is 0 Å². The minimum absolute atomic E-state index is 0.0405. The molecule has 5 nitrogen and oxygen atoms in total. The van der Waals surface area contributed by atoms with Gasteiger partial charge in [-0.2, -0.15) is 0 Å². The lowest BCUT2D eigenvalue weighted by Crippen LogP contribution is -2.06. The van der Waals surface area contributed by atoms with E-state index in [1.807, 2.05) is 6.92 Å². The van der Waals surface area contributed by atoms with Crippen molar-refractivity contribution < 1.29 is 18.7 Å². The third-order valence-corrected chi connectivity index (χ3v) is 3.40. The highest BCUT2D eigenvalue weighted by molar-refractivity contribution is 5.90. The molecule has 3 rings (SSSR count). The molecule has 2 aromatic heterocycles. The highest BCUT2D eigenvalue weighted by Crippen LogP contribution is 2.23. The lowest BCUT2D eigenvalue weighted by atomic mass is 10.2. The molecule has 0 fully saturated rings. The van der Waals surface area contributed by atoms with E-state index in [1.54, 1.807) is 41.1 Å². The summed E-state index contributed by atoms with van der Waals surface area (Å²) in [6, 6.07) is 7.93. The van der Waals surface area contributed by atoms with E-state index in [-0.39, 0.29) is 12.4 Å². The molecule has 0 spiro atoms. The molecule has 0 aliphatic carbocycles. The average Bonchev–Trinajstić information content (AvgIpc) is 2.93. The first-order chi connectivity index (χ1) is 11.1. The zero-order chi connectivity index (χ0) is 16.4. The van der Waals surface area contributed by atoms with Gasteiger partial charge >= 0.3 is 5.97 Å². The van der Waals surface area contributed by atoms with Gasteiger partial charge in [0.15, 0.2) is 11.4 Å². The lowest BCUT2D eigenvalue weighted by molar-refractivity contribution is 0.0599. The molecule has 0 N–H and O–H groups in total. The van der Waals surface area contributed by atoms with E-state index in [9.17, 15) is 9.18 Å². The van der Waals surface area contributed by atoms with Gasteiger partial charge in [-0.25, -0.2) is 14.2 Å². The molecule has 118 valence electrons. The second-order valence-corrected chi connectivity index (χ2v) is 5.08. The molecule has 0 saturated heterocycles. The molecule has 2 heterocycles. The average molecular weight is 314 g/mol. The van der Waals surface area contributed by atoms with E-state index in [0.717, 1.165) is 5.69 Å². The van der Waals surface area contributed by atoms with Crippen molar-refractivity contribution in [1.29, 1.82) is 0 Å². The number of carbonyl (C=O) groups is 1. The number of methoxy groups -OCH3 is 1. The largest absolute Gasteiger partial charge is 0.485 e. The van der Waals surface area contributed by atoms with Crippen LogP contribution in [0.2, 0.25) is 0 Å². The zero-order valence-electron chi connectivity index (χ0n) is 12.7. The maximum absolute atomic E-state index is 13.7. The number of hydrogen-bond donors (Lipinski definition) is 0. The van der Waals surface area contributed by atoms with E-state index in [1.165, 1.54) is 13.2 Å². The van der Waals surface area contributed by atoms with Crippen molar-refractivity contribution in [2.75, 3.05) is 7.11 Å². The van der Waals surface area contributed by atoms with Crippen LogP contribution in [0.25, 0.3) is 5.65 Å². The molecule has 0 unspecified atom stereocenters. The number of benzene rings is 1. The minimum Gasteiger partial charge on any atom is -0.485 e. The van der Waals surface area contributed by atoms with Crippen LogP contribution in [-0.2, 0) is 11.3 Å². The Kier molecular flexibility index (Phi) is 3.97. The summed E-state index contributed by atoms with van der Waals surface area (Å²) in [7, 11) is 1.31.